The second-order valence-corrected chi connectivity index (χ2v) is 16.6. The molecular formula is C37H54N8. The molecule has 8 heteroatoms. The summed E-state index contributed by atoms with van der Waals surface area (Å²) in [4.78, 5) is 24.9. The quantitative estimate of drug-likeness (QED) is 0.332. The Morgan fingerprint density at radius 3 is 1.91 bits per heavy atom. The predicted octanol–water partition coefficient (Wildman–Crippen LogP) is 8.91. The highest BCUT2D eigenvalue weighted by Crippen LogP contribution is 2.40. The summed E-state index contributed by atoms with van der Waals surface area (Å²) in [5.74, 6) is 11.0. The first-order valence-electron chi connectivity index (χ1n) is 16.1. The van der Waals surface area contributed by atoms with E-state index in [-0.39, 0.29) is 21.7 Å². The first-order chi connectivity index (χ1) is 20.5. The third-order valence-electron chi connectivity index (χ3n) is 8.39. The van der Waals surface area contributed by atoms with Crippen molar-refractivity contribution in [1.29, 1.82) is 0 Å². The molecule has 8 nitrogen and oxygen atoms in total. The lowest BCUT2D eigenvalue weighted by Gasteiger charge is -2.20. The van der Waals surface area contributed by atoms with Gasteiger partial charge in [-0.3, -0.25) is 0 Å². The van der Waals surface area contributed by atoms with Gasteiger partial charge in [-0.1, -0.05) is 104 Å². The molecule has 3 aliphatic heterocycles. The van der Waals surface area contributed by atoms with E-state index in [0.717, 1.165) is 45.9 Å². The maximum atomic E-state index is 6.80. The number of aromatic nitrogens is 1. The van der Waals surface area contributed by atoms with Crippen LogP contribution in [-0.4, -0.2) is 33.7 Å². The molecule has 1 aromatic rings. The van der Waals surface area contributed by atoms with Crippen LogP contribution in [0.5, 0.6) is 0 Å². The molecule has 0 saturated carbocycles. The first-order valence-corrected chi connectivity index (χ1v) is 16.1. The fraction of sp³-hybridized carbons (Fsp3) is 0.541. The molecule has 242 valence electrons. The van der Waals surface area contributed by atoms with Gasteiger partial charge in [-0.05, 0) is 63.9 Å². The Morgan fingerprint density at radius 1 is 0.800 bits per heavy atom. The average molecular weight is 611 g/mol. The zero-order valence-electron chi connectivity index (χ0n) is 30.1. The van der Waals surface area contributed by atoms with Crippen LogP contribution in [0.1, 0.15) is 109 Å². The monoisotopic (exact) mass is 610 g/mol. The lowest BCUT2D eigenvalue weighted by molar-refractivity contribution is 0.511. The summed E-state index contributed by atoms with van der Waals surface area (Å²) in [7, 11) is 0. The van der Waals surface area contributed by atoms with E-state index in [0.29, 0.717) is 35.1 Å². The second kappa shape index (κ2) is 11.5. The van der Waals surface area contributed by atoms with Gasteiger partial charge in [0, 0.05) is 28.1 Å². The van der Waals surface area contributed by atoms with E-state index < -0.39 is 0 Å². The zero-order chi connectivity index (χ0) is 33.9. The number of rotatable bonds is 4. The normalized spacial score (nSPS) is 21.3. The molecule has 0 aliphatic carbocycles. The van der Waals surface area contributed by atoms with E-state index in [1.807, 2.05) is 12.1 Å². The summed E-state index contributed by atoms with van der Waals surface area (Å²) in [5, 5.41) is 3.34. The number of hydrogen-bond acceptors (Lipinski definition) is 4. The number of allylic oxidation sites excluding steroid dienone is 2. The number of aliphatic imine (C=N–C) groups is 5. The van der Waals surface area contributed by atoms with Gasteiger partial charge in [-0.15, -0.1) is 0 Å². The molecule has 45 heavy (non-hydrogen) atoms. The van der Waals surface area contributed by atoms with E-state index in [1.54, 1.807) is 4.68 Å². The SMILES string of the molecule is C=C1N/C(=N\C2=NC(=N\c3c(C(C)(C)C)cc(/N=C4\N=C(C(C)CC)C=C4C(C)(C)C)n3N)/C=C2C(C)(C)C)C=C1C(C)(C)C. The molecule has 3 N–H and O–H groups in total. The summed E-state index contributed by atoms with van der Waals surface area (Å²) >= 11 is 0. The minimum Gasteiger partial charge on any atom is -0.340 e. The minimum absolute atomic E-state index is 0.0475. The fourth-order valence-electron chi connectivity index (χ4n) is 5.41. The smallest absolute Gasteiger partial charge is 0.160 e. The maximum Gasteiger partial charge on any atom is 0.160 e. The van der Waals surface area contributed by atoms with Crippen molar-refractivity contribution in [3.05, 3.63) is 58.9 Å². The molecule has 4 rings (SSSR count). The van der Waals surface area contributed by atoms with Crippen molar-refractivity contribution in [2.75, 3.05) is 5.84 Å². The molecule has 0 radical (unpaired) electrons. The molecule has 4 heterocycles. The van der Waals surface area contributed by atoms with Crippen LogP contribution in [-0.2, 0) is 5.41 Å². The number of hydrogen-bond donors (Lipinski definition) is 2. The highest BCUT2D eigenvalue weighted by atomic mass is 15.4. The van der Waals surface area contributed by atoms with Crippen molar-refractivity contribution in [3.8, 4) is 0 Å². The van der Waals surface area contributed by atoms with Crippen LogP contribution in [0.2, 0.25) is 0 Å². The molecule has 1 atom stereocenters. The van der Waals surface area contributed by atoms with Gasteiger partial charge < -0.3 is 11.2 Å². The number of nitrogens with two attached hydrogens (primary N) is 1. The molecule has 1 unspecified atom stereocenters. The standard InChI is InChI=1S/C37H54N8/c1-16-21(2)27-17-24(35(7,8)9)31(40-27)44-30-20-26(37(13,14)15)33(45(30)38)43-29-19-25(36(10,11)12)32(42-29)41-28-18-23(22(3)39-28)34(4,5)6/h17-21H,3,16,38H2,1-2,4-15H3,(H,39,41,42,43)/b44-31-. The minimum atomic E-state index is -0.243. The largest absolute Gasteiger partial charge is 0.340 e. The first kappa shape index (κ1) is 34.1. The van der Waals surface area contributed by atoms with Crippen molar-refractivity contribution in [1.82, 2.24) is 9.99 Å². The third kappa shape index (κ3) is 7.21. The number of amidine groups is 4. The van der Waals surface area contributed by atoms with Gasteiger partial charge in [-0.25, -0.2) is 29.6 Å². The van der Waals surface area contributed by atoms with Gasteiger partial charge in [0.1, 0.15) is 5.84 Å². The Bertz CT molecular complexity index is 1650. The summed E-state index contributed by atoms with van der Waals surface area (Å²) in [6.45, 7) is 34.6. The van der Waals surface area contributed by atoms with Gasteiger partial charge in [0.2, 0.25) is 0 Å². The van der Waals surface area contributed by atoms with Crippen molar-refractivity contribution < 1.29 is 0 Å². The van der Waals surface area contributed by atoms with E-state index in [9.17, 15) is 0 Å². The lowest BCUT2D eigenvalue weighted by atomic mass is 9.85. The molecule has 0 amide bonds. The Hall–Kier alpha value is -3.81. The summed E-state index contributed by atoms with van der Waals surface area (Å²) in [5.41, 5.74) is 5.54. The molecular weight excluding hydrogens is 556 g/mol. The molecule has 0 spiro atoms. The van der Waals surface area contributed by atoms with Crippen molar-refractivity contribution in [2.45, 2.75) is 109 Å². The zero-order valence-corrected chi connectivity index (χ0v) is 30.1. The van der Waals surface area contributed by atoms with Crippen LogP contribution < -0.4 is 11.2 Å². The van der Waals surface area contributed by atoms with Crippen molar-refractivity contribution >= 4 is 40.7 Å². The maximum absolute atomic E-state index is 6.80. The highest BCUT2D eigenvalue weighted by molar-refractivity contribution is 6.22. The molecule has 3 aliphatic rings. The summed E-state index contributed by atoms with van der Waals surface area (Å²) in [6.07, 6.45) is 7.29. The van der Waals surface area contributed by atoms with Crippen molar-refractivity contribution in [3.63, 3.8) is 0 Å². The van der Waals surface area contributed by atoms with Crippen LogP contribution in [0.15, 0.2) is 78.3 Å². The second-order valence-electron chi connectivity index (χ2n) is 16.6. The van der Waals surface area contributed by atoms with Crippen LogP contribution in [0.3, 0.4) is 0 Å². The molecule has 0 aromatic carbocycles. The predicted molar refractivity (Wildman–Crippen MR) is 194 cm³/mol. The molecule has 1 aromatic heterocycles. The Balaban J connectivity index is 1.84. The number of nitrogen functional groups attached to an aromatic ring is 1. The highest BCUT2D eigenvalue weighted by Gasteiger charge is 2.32. The van der Waals surface area contributed by atoms with E-state index in [2.05, 4.69) is 121 Å². The molecule has 0 fully saturated rings. The molecule has 0 saturated heterocycles. The Labute approximate surface area is 270 Å². The number of nitrogens with one attached hydrogen (secondary N) is 1. The Kier molecular flexibility index (Phi) is 8.72. The lowest BCUT2D eigenvalue weighted by Crippen LogP contribution is -2.20. The van der Waals surface area contributed by atoms with Crippen LogP contribution in [0.25, 0.3) is 0 Å². The fourth-order valence-corrected chi connectivity index (χ4v) is 5.41. The Morgan fingerprint density at radius 2 is 1.40 bits per heavy atom. The van der Waals surface area contributed by atoms with Gasteiger partial charge in [0.25, 0.3) is 0 Å². The van der Waals surface area contributed by atoms with Gasteiger partial charge >= 0.3 is 0 Å². The van der Waals surface area contributed by atoms with Gasteiger partial charge in [0.15, 0.2) is 29.1 Å². The topological polar surface area (TPSA) is 105 Å². The van der Waals surface area contributed by atoms with E-state index >= 15 is 0 Å². The summed E-state index contributed by atoms with van der Waals surface area (Å²) < 4.78 is 1.57. The van der Waals surface area contributed by atoms with Crippen LogP contribution in [0, 0.1) is 22.2 Å². The van der Waals surface area contributed by atoms with Crippen LogP contribution in [0.4, 0.5) is 11.6 Å². The van der Waals surface area contributed by atoms with E-state index in [4.69, 9.17) is 30.8 Å². The van der Waals surface area contributed by atoms with Gasteiger partial charge in [0.05, 0.1) is 0 Å². The van der Waals surface area contributed by atoms with Crippen LogP contribution >= 0.6 is 0 Å². The van der Waals surface area contributed by atoms with Crippen molar-refractivity contribution in [2.24, 2.45) is 47.1 Å². The summed E-state index contributed by atoms with van der Waals surface area (Å²) in [6, 6.07) is 2.03. The average Bonchev–Trinajstić information content (AvgIpc) is 3.64. The van der Waals surface area contributed by atoms with E-state index in [1.165, 1.54) is 0 Å². The van der Waals surface area contributed by atoms with Gasteiger partial charge in [-0.2, -0.15) is 0 Å². The number of nitrogens with zero attached hydrogens (tertiary/aromatic N) is 6. The third-order valence-corrected chi connectivity index (χ3v) is 8.39. The molecule has 0 bridgehead atoms.